The van der Waals surface area contributed by atoms with E-state index in [4.69, 9.17) is 10.5 Å². The van der Waals surface area contributed by atoms with Gasteiger partial charge in [0.25, 0.3) is 0 Å². The van der Waals surface area contributed by atoms with Crippen molar-refractivity contribution in [2.24, 2.45) is 0 Å². The zero-order valence-corrected chi connectivity index (χ0v) is 12.5. The van der Waals surface area contributed by atoms with Gasteiger partial charge < -0.3 is 15.8 Å². The lowest BCUT2D eigenvalue weighted by Gasteiger charge is -2.15. The minimum atomic E-state index is -2.98. The highest BCUT2D eigenvalue weighted by Gasteiger charge is 2.31. The predicted molar refractivity (Wildman–Crippen MR) is 77.5 cm³/mol. The molecule has 3 N–H and O–H groups in total. The lowest BCUT2D eigenvalue weighted by molar-refractivity contribution is 0.234. The monoisotopic (exact) mass is 300 g/mol. The molecular weight excluding hydrogens is 280 g/mol. The number of hydrogen-bond donors (Lipinski definition) is 2. The van der Waals surface area contributed by atoms with Crippen LogP contribution >= 0.6 is 0 Å². The second-order valence-corrected chi connectivity index (χ2v) is 7.52. The summed E-state index contributed by atoms with van der Waals surface area (Å²) < 4.78 is 29.0. The molecule has 0 aliphatic carbocycles. The molecule has 2 rings (SSSR count). The third kappa shape index (κ3) is 3.30. The predicted octanol–water partition coefficient (Wildman–Crippen LogP) is 0.835. The van der Waals surface area contributed by atoms with Crippen molar-refractivity contribution in [3.05, 3.63) is 6.33 Å². The summed E-state index contributed by atoms with van der Waals surface area (Å²) in [7, 11) is -2.98. The molecule has 1 unspecified atom stereocenters. The molecule has 1 saturated heterocycles. The number of hydrogen-bond acceptors (Lipinski definition) is 7. The maximum Gasteiger partial charge on any atom is 0.242 e. The third-order valence-corrected chi connectivity index (χ3v) is 5.43. The standard InChI is InChI=1S/C12H20N4O3S/c1-8(2)19-12-10(13)11(15-7-16-12)14-6-9-4-3-5-20(9,17)18/h7-9H,3-6,13H2,1-2H3,(H,14,15,16). The number of rotatable bonds is 5. The molecule has 1 fully saturated rings. The number of ether oxygens (including phenoxy) is 1. The summed E-state index contributed by atoms with van der Waals surface area (Å²) in [4.78, 5) is 8.00. The van der Waals surface area contributed by atoms with Crippen LogP contribution in [0.3, 0.4) is 0 Å². The molecule has 1 atom stereocenters. The molecule has 1 aromatic rings. The van der Waals surface area contributed by atoms with Gasteiger partial charge in [0.1, 0.15) is 12.0 Å². The quantitative estimate of drug-likeness (QED) is 0.829. The van der Waals surface area contributed by atoms with Crippen molar-refractivity contribution in [1.82, 2.24) is 9.97 Å². The fourth-order valence-electron chi connectivity index (χ4n) is 2.14. The van der Waals surface area contributed by atoms with E-state index in [1.165, 1.54) is 6.33 Å². The van der Waals surface area contributed by atoms with Gasteiger partial charge in [0, 0.05) is 6.54 Å². The van der Waals surface area contributed by atoms with Gasteiger partial charge >= 0.3 is 0 Å². The van der Waals surface area contributed by atoms with Crippen LogP contribution in [0.1, 0.15) is 26.7 Å². The first-order chi connectivity index (χ1) is 9.40. The van der Waals surface area contributed by atoms with Crippen molar-refractivity contribution in [2.45, 2.75) is 38.0 Å². The number of nitrogens with zero attached hydrogens (tertiary/aromatic N) is 2. The van der Waals surface area contributed by atoms with E-state index in [1.807, 2.05) is 13.8 Å². The first-order valence-corrected chi connectivity index (χ1v) is 8.34. The molecule has 0 spiro atoms. The Hall–Kier alpha value is -1.57. The largest absolute Gasteiger partial charge is 0.473 e. The van der Waals surface area contributed by atoms with E-state index in [2.05, 4.69) is 15.3 Å². The molecule has 0 radical (unpaired) electrons. The van der Waals surface area contributed by atoms with Crippen LogP contribution in [0, 0.1) is 0 Å². The molecule has 0 saturated carbocycles. The summed E-state index contributed by atoms with van der Waals surface area (Å²) in [5.41, 5.74) is 6.22. The third-order valence-electron chi connectivity index (χ3n) is 3.15. The molecule has 0 aromatic carbocycles. The Morgan fingerprint density at radius 3 is 2.85 bits per heavy atom. The van der Waals surface area contributed by atoms with Gasteiger partial charge in [-0.3, -0.25) is 0 Å². The molecule has 20 heavy (non-hydrogen) atoms. The van der Waals surface area contributed by atoms with Crippen LogP contribution in [0.2, 0.25) is 0 Å². The number of nitrogens with one attached hydrogen (secondary N) is 1. The van der Waals surface area contributed by atoms with Crippen molar-refractivity contribution >= 4 is 21.3 Å². The number of anilines is 2. The second kappa shape index (κ2) is 5.82. The van der Waals surface area contributed by atoms with Crippen molar-refractivity contribution < 1.29 is 13.2 Å². The smallest absolute Gasteiger partial charge is 0.242 e. The van der Waals surface area contributed by atoms with E-state index in [1.54, 1.807) is 0 Å². The summed E-state index contributed by atoms with van der Waals surface area (Å²) in [6.07, 6.45) is 2.69. The van der Waals surface area contributed by atoms with Gasteiger partial charge in [0.15, 0.2) is 15.7 Å². The molecule has 0 amide bonds. The summed E-state index contributed by atoms with van der Waals surface area (Å²) in [6.45, 7) is 4.06. The average Bonchev–Trinajstić information content (AvgIpc) is 2.69. The summed E-state index contributed by atoms with van der Waals surface area (Å²) in [6, 6.07) is 0. The van der Waals surface area contributed by atoms with Crippen molar-refractivity contribution in [3.8, 4) is 5.88 Å². The molecule has 2 heterocycles. The van der Waals surface area contributed by atoms with Crippen molar-refractivity contribution in [3.63, 3.8) is 0 Å². The molecule has 8 heteroatoms. The van der Waals surface area contributed by atoms with E-state index in [-0.39, 0.29) is 17.1 Å². The van der Waals surface area contributed by atoms with Crippen LogP contribution < -0.4 is 15.8 Å². The van der Waals surface area contributed by atoms with Crippen LogP contribution in [-0.4, -0.2) is 42.0 Å². The maximum atomic E-state index is 11.8. The van der Waals surface area contributed by atoms with Crippen LogP contribution in [0.5, 0.6) is 5.88 Å². The van der Waals surface area contributed by atoms with Crippen LogP contribution in [-0.2, 0) is 9.84 Å². The van der Waals surface area contributed by atoms with Gasteiger partial charge in [-0.25, -0.2) is 13.4 Å². The van der Waals surface area contributed by atoms with Gasteiger partial charge in [-0.1, -0.05) is 0 Å². The Kier molecular flexibility index (Phi) is 4.32. The van der Waals surface area contributed by atoms with Crippen molar-refractivity contribution in [1.29, 1.82) is 0 Å². The maximum absolute atomic E-state index is 11.8. The number of nitrogens with two attached hydrogens (primary N) is 1. The fraction of sp³-hybridized carbons (Fsp3) is 0.667. The minimum absolute atomic E-state index is 0.0461. The topological polar surface area (TPSA) is 107 Å². The summed E-state index contributed by atoms with van der Waals surface area (Å²) in [5, 5.41) is 2.62. The molecule has 112 valence electrons. The SMILES string of the molecule is CC(C)Oc1ncnc(NCC2CCCS2(=O)=O)c1N. The summed E-state index contributed by atoms with van der Waals surface area (Å²) in [5.74, 6) is 0.991. The summed E-state index contributed by atoms with van der Waals surface area (Å²) >= 11 is 0. The highest BCUT2D eigenvalue weighted by molar-refractivity contribution is 7.92. The Morgan fingerprint density at radius 1 is 1.50 bits per heavy atom. The second-order valence-electron chi connectivity index (χ2n) is 5.12. The highest BCUT2D eigenvalue weighted by Crippen LogP contribution is 2.26. The van der Waals surface area contributed by atoms with Gasteiger partial charge in [-0.05, 0) is 26.7 Å². The first-order valence-electron chi connectivity index (χ1n) is 6.62. The Bertz CT molecular complexity index is 574. The molecule has 1 aromatic heterocycles. The fourth-order valence-corrected chi connectivity index (χ4v) is 3.90. The molecule has 1 aliphatic heterocycles. The van der Waals surface area contributed by atoms with E-state index in [9.17, 15) is 8.42 Å². The molecule has 0 bridgehead atoms. The zero-order chi connectivity index (χ0) is 14.8. The minimum Gasteiger partial charge on any atom is -0.473 e. The van der Waals surface area contributed by atoms with Crippen LogP contribution in [0.15, 0.2) is 6.33 Å². The first kappa shape index (κ1) is 14.8. The Morgan fingerprint density at radius 2 is 2.25 bits per heavy atom. The lowest BCUT2D eigenvalue weighted by Crippen LogP contribution is -2.25. The van der Waals surface area contributed by atoms with Crippen molar-refractivity contribution in [2.75, 3.05) is 23.3 Å². The van der Waals surface area contributed by atoms with E-state index in [0.717, 1.165) is 6.42 Å². The zero-order valence-electron chi connectivity index (χ0n) is 11.7. The number of nitrogen functional groups attached to an aromatic ring is 1. The average molecular weight is 300 g/mol. The molecule has 1 aliphatic rings. The highest BCUT2D eigenvalue weighted by atomic mass is 32.2. The van der Waals surface area contributed by atoms with Gasteiger partial charge in [-0.15, -0.1) is 0 Å². The normalized spacial score (nSPS) is 21.1. The Balaban J connectivity index is 2.06. The number of aromatic nitrogens is 2. The number of sulfone groups is 1. The lowest BCUT2D eigenvalue weighted by atomic mass is 10.2. The van der Waals surface area contributed by atoms with Gasteiger partial charge in [-0.2, -0.15) is 4.98 Å². The van der Waals surface area contributed by atoms with E-state index >= 15 is 0 Å². The van der Waals surface area contributed by atoms with E-state index in [0.29, 0.717) is 30.4 Å². The van der Waals surface area contributed by atoms with Gasteiger partial charge in [0.05, 0.1) is 17.1 Å². The van der Waals surface area contributed by atoms with Crippen LogP contribution in [0.25, 0.3) is 0 Å². The van der Waals surface area contributed by atoms with Gasteiger partial charge in [0.2, 0.25) is 5.88 Å². The Labute approximate surface area is 118 Å². The molecular formula is C12H20N4O3S. The molecule has 7 nitrogen and oxygen atoms in total. The van der Waals surface area contributed by atoms with Crippen LogP contribution in [0.4, 0.5) is 11.5 Å². The van der Waals surface area contributed by atoms with E-state index < -0.39 is 9.84 Å².